The van der Waals surface area contributed by atoms with Gasteiger partial charge in [0, 0.05) is 10.9 Å². The summed E-state index contributed by atoms with van der Waals surface area (Å²) >= 11 is 1.50. The molecule has 1 amide bonds. The fraction of sp³-hybridized carbons (Fsp3) is 0.333. The molecule has 0 radical (unpaired) electrons. The van der Waals surface area contributed by atoms with Crippen molar-refractivity contribution in [3.8, 4) is 11.1 Å². The van der Waals surface area contributed by atoms with Gasteiger partial charge in [-0.15, -0.1) is 0 Å². The van der Waals surface area contributed by atoms with Crippen LogP contribution in [0.1, 0.15) is 56.1 Å². The van der Waals surface area contributed by atoms with Gasteiger partial charge in [0.15, 0.2) is 0 Å². The van der Waals surface area contributed by atoms with Crippen molar-refractivity contribution in [1.29, 1.82) is 0 Å². The zero-order chi connectivity index (χ0) is 26.4. The van der Waals surface area contributed by atoms with E-state index in [-0.39, 0.29) is 22.3 Å². The maximum Gasteiger partial charge on any atom is 0.268 e. The number of aromatic nitrogens is 2. The Morgan fingerprint density at radius 1 is 1.16 bits per heavy atom. The number of anilines is 1. The number of sulfonamides is 1. The van der Waals surface area contributed by atoms with Gasteiger partial charge in [-0.1, -0.05) is 32.9 Å². The summed E-state index contributed by atoms with van der Waals surface area (Å²) in [4.78, 5) is 20.9. The Labute approximate surface area is 220 Å². The molecule has 0 aliphatic heterocycles. The van der Waals surface area contributed by atoms with Gasteiger partial charge in [-0.2, -0.15) is 11.3 Å². The molecule has 0 bridgehead atoms. The first-order valence-electron chi connectivity index (χ1n) is 12.2. The Kier molecular flexibility index (Phi) is 6.59. The van der Waals surface area contributed by atoms with Gasteiger partial charge < -0.3 is 15.4 Å². The molecule has 8 nitrogen and oxygen atoms in total. The van der Waals surface area contributed by atoms with Gasteiger partial charge in [-0.05, 0) is 70.8 Å². The molecule has 1 saturated carbocycles. The molecule has 4 aromatic rings. The fourth-order valence-electron chi connectivity index (χ4n) is 4.70. The topological polar surface area (TPSA) is 124 Å². The first kappa shape index (κ1) is 25.4. The van der Waals surface area contributed by atoms with Crippen molar-refractivity contribution in [2.75, 3.05) is 4.72 Å². The third kappa shape index (κ3) is 5.14. The normalized spacial score (nSPS) is 18.3. The van der Waals surface area contributed by atoms with Crippen LogP contribution >= 0.6 is 11.3 Å². The molecule has 2 unspecified atom stereocenters. The van der Waals surface area contributed by atoms with Crippen molar-refractivity contribution in [3.05, 3.63) is 64.6 Å². The summed E-state index contributed by atoms with van der Waals surface area (Å²) in [6.07, 6.45) is 3.12. The average molecular weight is 539 g/mol. The number of carbonyl (C=O) groups excluding carboxylic acids is 1. The quantitative estimate of drug-likeness (QED) is 0.274. The SMILES string of the molecule is CC(C)(C)c1ccc(S(=O)(=O)Nc2cnc3[nH]c(C(=O)NC4CCCC4O)c(-c4ccsc4)c3c2)cc1. The molecule has 1 fully saturated rings. The summed E-state index contributed by atoms with van der Waals surface area (Å²) in [5, 5.41) is 17.6. The molecular formula is C27H30N4O4S2. The number of pyridine rings is 1. The highest BCUT2D eigenvalue weighted by atomic mass is 32.2. The predicted molar refractivity (Wildman–Crippen MR) is 146 cm³/mol. The van der Waals surface area contributed by atoms with Crippen LogP contribution in [0.4, 0.5) is 5.69 Å². The van der Waals surface area contributed by atoms with Gasteiger partial charge in [0.05, 0.1) is 28.9 Å². The molecule has 0 spiro atoms. The average Bonchev–Trinajstić information content (AvgIpc) is 3.58. The summed E-state index contributed by atoms with van der Waals surface area (Å²) in [5.74, 6) is -0.328. The monoisotopic (exact) mass is 538 g/mol. The van der Waals surface area contributed by atoms with Crippen LogP contribution < -0.4 is 10.0 Å². The molecule has 5 rings (SSSR count). The summed E-state index contributed by atoms with van der Waals surface area (Å²) in [5.41, 5.74) is 3.52. The second-order valence-electron chi connectivity index (χ2n) is 10.5. The van der Waals surface area contributed by atoms with Gasteiger partial charge in [0.2, 0.25) is 0 Å². The van der Waals surface area contributed by atoms with Crippen molar-refractivity contribution >= 4 is 44.0 Å². The molecule has 1 aliphatic rings. The first-order valence-corrected chi connectivity index (χ1v) is 14.6. The van der Waals surface area contributed by atoms with Crippen molar-refractivity contribution in [2.45, 2.75) is 62.5 Å². The molecule has 2 atom stereocenters. The number of aliphatic hydroxyl groups is 1. The molecule has 4 N–H and O–H groups in total. The van der Waals surface area contributed by atoms with Crippen molar-refractivity contribution in [1.82, 2.24) is 15.3 Å². The van der Waals surface area contributed by atoms with E-state index in [9.17, 15) is 18.3 Å². The van der Waals surface area contributed by atoms with Gasteiger partial charge in [-0.3, -0.25) is 9.52 Å². The number of hydrogen-bond donors (Lipinski definition) is 4. The number of aromatic amines is 1. The number of fused-ring (bicyclic) bond motifs is 1. The molecule has 0 saturated heterocycles. The van der Waals surface area contributed by atoms with Crippen LogP contribution in [0, 0.1) is 0 Å². The van der Waals surface area contributed by atoms with Gasteiger partial charge in [0.1, 0.15) is 11.3 Å². The summed E-state index contributed by atoms with van der Waals surface area (Å²) in [7, 11) is -3.85. The van der Waals surface area contributed by atoms with Crippen molar-refractivity contribution in [3.63, 3.8) is 0 Å². The van der Waals surface area contributed by atoms with Crippen molar-refractivity contribution in [2.24, 2.45) is 0 Å². The standard InChI is InChI=1S/C27H30N4O4S2/c1-27(2,3)17-7-9-19(10-8-17)37(34,35)31-18-13-20-23(16-11-12-36-15-16)24(30-25(20)28-14-18)26(33)29-21-5-4-6-22(21)32/h7-15,21-22,31-32H,4-6H2,1-3H3,(H,28,30)(H,29,33). The lowest BCUT2D eigenvalue weighted by Gasteiger charge is -2.19. The minimum Gasteiger partial charge on any atom is -0.391 e. The zero-order valence-corrected chi connectivity index (χ0v) is 22.5. The zero-order valence-electron chi connectivity index (χ0n) is 20.9. The number of aliphatic hydroxyl groups excluding tert-OH is 1. The van der Waals surface area contributed by atoms with E-state index in [0.29, 0.717) is 34.4 Å². The van der Waals surface area contributed by atoms with Gasteiger partial charge in [-0.25, -0.2) is 13.4 Å². The molecular weight excluding hydrogens is 508 g/mol. The number of benzene rings is 1. The van der Waals surface area contributed by atoms with Crippen LogP contribution in [-0.4, -0.2) is 41.5 Å². The Morgan fingerprint density at radius 2 is 1.92 bits per heavy atom. The molecule has 10 heteroatoms. The second-order valence-corrected chi connectivity index (χ2v) is 12.9. The highest BCUT2D eigenvalue weighted by Crippen LogP contribution is 2.35. The van der Waals surface area contributed by atoms with Crippen LogP contribution in [0.3, 0.4) is 0 Å². The Balaban J connectivity index is 1.49. The maximum atomic E-state index is 13.2. The lowest BCUT2D eigenvalue weighted by molar-refractivity contribution is 0.0870. The molecule has 3 heterocycles. The number of H-pyrrole nitrogens is 1. The van der Waals surface area contributed by atoms with Crippen LogP contribution in [0.25, 0.3) is 22.2 Å². The smallest absolute Gasteiger partial charge is 0.268 e. The van der Waals surface area contributed by atoms with E-state index in [0.717, 1.165) is 24.0 Å². The van der Waals surface area contributed by atoms with Gasteiger partial charge in [0.25, 0.3) is 15.9 Å². The van der Waals surface area contributed by atoms with Crippen LogP contribution in [0.5, 0.6) is 0 Å². The Morgan fingerprint density at radius 3 is 2.54 bits per heavy atom. The molecule has 1 aromatic carbocycles. The first-order chi connectivity index (χ1) is 17.5. The maximum absolute atomic E-state index is 13.2. The molecule has 37 heavy (non-hydrogen) atoms. The van der Waals surface area contributed by atoms with E-state index in [1.807, 2.05) is 29.0 Å². The lowest BCUT2D eigenvalue weighted by Crippen LogP contribution is -2.40. The molecule has 1 aliphatic carbocycles. The largest absolute Gasteiger partial charge is 0.391 e. The highest BCUT2D eigenvalue weighted by molar-refractivity contribution is 7.92. The summed E-state index contributed by atoms with van der Waals surface area (Å²) < 4.78 is 28.9. The minimum absolute atomic E-state index is 0.0864. The fourth-order valence-corrected chi connectivity index (χ4v) is 6.38. The van der Waals surface area contributed by atoms with Crippen molar-refractivity contribution < 1.29 is 18.3 Å². The van der Waals surface area contributed by atoms with E-state index in [1.54, 1.807) is 18.2 Å². The molecule has 194 valence electrons. The van der Waals surface area contributed by atoms with E-state index in [1.165, 1.54) is 17.5 Å². The lowest BCUT2D eigenvalue weighted by atomic mass is 9.87. The summed E-state index contributed by atoms with van der Waals surface area (Å²) in [6, 6.07) is 10.1. The number of amides is 1. The number of rotatable bonds is 6. The van der Waals surface area contributed by atoms with E-state index in [4.69, 9.17) is 0 Å². The highest BCUT2D eigenvalue weighted by Gasteiger charge is 2.29. The van der Waals surface area contributed by atoms with Gasteiger partial charge >= 0.3 is 0 Å². The number of thiophene rings is 1. The Bertz CT molecular complexity index is 1540. The van der Waals surface area contributed by atoms with Crippen LogP contribution in [0.2, 0.25) is 0 Å². The van der Waals surface area contributed by atoms with E-state index < -0.39 is 16.1 Å². The third-order valence-corrected chi connectivity index (χ3v) is 8.85. The Hall–Kier alpha value is -3.21. The van der Waals surface area contributed by atoms with E-state index >= 15 is 0 Å². The number of hydrogen-bond acceptors (Lipinski definition) is 6. The summed E-state index contributed by atoms with van der Waals surface area (Å²) in [6.45, 7) is 6.21. The minimum atomic E-state index is -3.85. The predicted octanol–water partition coefficient (Wildman–Crippen LogP) is 5.03. The van der Waals surface area contributed by atoms with E-state index in [2.05, 4.69) is 40.8 Å². The van der Waals surface area contributed by atoms with Crippen LogP contribution in [0.15, 0.2) is 58.3 Å². The number of nitrogens with zero attached hydrogens (tertiary/aromatic N) is 1. The molecule has 3 aromatic heterocycles. The third-order valence-electron chi connectivity index (χ3n) is 6.77. The second kappa shape index (κ2) is 9.59. The number of carbonyl (C=O) groups is 1. The van der Waals surface area contributed by atoms with Crippen LogP contribution in [-0.2, 0) is 15.4 Å². The number of nitrogens with one attached hydrogen (secondary N) is 3.